The van der Waals surface area contributed by atoms with Gasteiger partial charge in [0.1, 0.15) is 30.9 Å². The first-order valence-corrected chi connectivity index (χ1v) is 9.09. The van der Waals surface area contributed by atoms with E-state index in [0.29, 0.717) is 13.2 Å². The van der Waals surface area contributed by atoms with Crippen molar-refractivity contribution in [3.8, 4) is 11.5 Å². The second-order valence-corrected chi connectivity index (χ2v) is 6.86. The molecule has 1 unspecified atom stereocenters. The summed E-state index contributed by atoms with van der Waals surface area (Å²) in [6.07, 6.45) is 1.95. The SMILES string of the molecule is O=C(C[NH+]1CCC[C@@H]1c1ccc2c(c1)OCCO2)Nc1cc(F)ccc1F. The van der Waals surface area contributed by atoms with Crippen molar-refractivity contribution in [1.29, 1.82) is 0 Å². The number of halogens is 2. The molecule has 0 bridgehead atoms. The molecule has 0 radical (unpaired) electrons. The molecule has 5 nitrogen and oxygen atoms in total. The molecule has 1 fully saturated rings. The number of hydrogen-bond donors (Lipinski definition) is 2. The van der Waals surface area contributed by atoms with E-state index in [1.807, 2.05) is 18.2 Å². The van der Waals surface area contributed by atoms with Crippen LogP contribution < -0.4 is 19.7 Å². The van der Waals surface area contributed by atoms with Gasteiger partial charge in [0.25, 0.3) is 5.91 Å². The summed E-state index contributed by atoms with van der Waals surface area (Å²) >= 11 is 0. The standard InChI is InChI=1S/C20H20F2N2O3/c21-14-4-5-15(22)16(11-14)23-20(25)12-24-7-1-2-17(24)13-3-6-18-19(10-13)27-9-8-26-18/h3-6,10-11,17H,1-2,7-9,12H2,(H,23,25)/p+1/t17-/m1/s1. The Hall–Kier alpha value is -2.67. The topological polar surface area (TPSA) is 52.0 Å². The van der Waals surface area contributed by atoms with Crippen LogP contribution in [0.25, 0.3) is 0 Å². The Bertz CT molecular complexity index is 859. The fourth-order valence-corrected chi connectivity index (χ4v) is 3.80. The molecule has 142 valence electrons. The lowest BCUT2D eigenvalue weighted by Gasteiger charge is -2.24. The number of likely N-dealkylation sites (tertiary alicyclic amines) is 1. The largest absolute Gasteiger partial charge is 0.486 e. The van der Waals surface area contributed by atoms with Crippen LogP contribution in [-0.4, -0.2) is 32.2 Å². The summed E-state index contributed by atoms with van der Waals surface area (Å²) < 4.78 is 38.2. The van der Waals surface area contributed by atoms with Gasteiger partial charge in [-0.25, -0.2) is 8.78 Å². The van der Waals surface area contributed by atoms with Crippen LogP contribution in [-0.2, 0) is 4.79 Å². The molecule has 2 heterocycles. The monoisotopic (exact) mass is 375 g/mol. The Kier molecular flexibility index (Phi) is 4.94. The van der Waals surface area contributed by atoms with Crippen LogP contribution in [0.4, 0.5) is 14.5 Å². The van der Waals surface area contributed by atoms with Gasteiger partial charge in [-0.05, 0) is 30.3 Å². The predicted molar refractivity (Wildman–Crippen MR) is 95.1 cm³/mol. The van der Waals surface area contributed by atoms with E-state index in [0.717, 1.165) is 59.5 Å². The van der Waals surface area contributed by atoms with E-state index >= 15 is 0 Å². The van der Waals surface area contributed by atoms with Gasteiger partial charge in [-0.1, -0.05) is 0 Å². The maximum absolute atomic E-state index is 13.7. The van der Waals surface area contributed by atoms with Gasteiger partial charge >= 0.3 is 0 Å². The smallest absolute Gasteiger partial charge is 0.279 e. The molecule has 2 aromatic carbocycles. The number of ether oxygens (including phenoxy) is 2. The first-order chi connectivity index (χ1) is 13.1. The molecule has 27 heavy (non-hydrogen) atoms. The molecular weight excluding hydrogens is 354 g/mol. The van der Waals surface area contributed by atoms with Crippen LogP contribution in [0.15, 0.2) is 36.4 Å². The van der Waals surface area contributed by atoms with E-state index in [2.05, 4.69) is 5.32 Å². The van der Waals surface area contributed by atoms with Gasteiger partial charge in [-0.3, -0.25) is 4.79 Å². The van der Waals surface area contributed by atoms with Crippen molar-refractivity contribution in [2.45, 2.75) is 18.9 Å². The Morgan fingerprint density at radius 1 is 1.11 bits per heavy atom. The van der Waals surface area contributed by atoms with Crippen LogP contribution in [0.3, 0.4) is 0 Å². The summed E-state index contributed by atoms with van der Waals surface area (Å²) in [5, 5.41) is 2.48. The highest BCUT2D eigenvalue weighted by atomic mass is 19.1. The Labute approximate surface area is 155 Å². The lowest BCUT2D eigenvalue weighted by atomic mass is 10.0. The number of carbonyl (C=O) groups is 1. The van der Waals surface area contributed by atoms with Crippen LogP contribution in [0, 0.1) is 11.6 Å². The fourth-order valence-electron chi connectivity index (χ4n) is 3.80. The number of nitrogens with one attached hydrogen (secondary N) is 2. The van der Waals surface area contributed by atoms with Gasteiger partial charge in [-0.15, -0.1) is 0 Å². The zero-order chi connectivity index (χ0) is 18.8. The van der Waals surface area contributed by atoms with Crippen LogP contribution >= 0.6 is 0 Å². The van der Waals surface area contributed by atoms with Gasteiger partial charge in [-0.2, -0.15) is 0 Å². The van der Waals surface area contributed by atoms with E-state index < -0.39 is 11.6 Å². The highest BCUT2D eigenvalue weighted by Gasteiger charge is 2.32. The van der Waals surface area contributed by atoms with Crippen molar-refractivity contribution in [2.24, 2.45) is 0 Å². The highest BCUT2D eigenvalue weighted by Crippen LogP contribution is 2.33. The Morgan fingerprint density at radius 3 is 2.78 bits per heavy atom. The van der Waals surface area contributed by atoms with E-state index in [9.17, 15) is 13.6 Å². The third kappa shape index (κ3) is 3.88. The van der Waals surface area contributed by atoms with E-state index in [-0.39, 0.29) is 24.2 Å². The summed E-state index contributed by atoms with van der Waals surface area (Å²) in [7, 11) is 0. The molecule has 0 saturated carbocycles. The number of carbonyl (C=O) groups excluding carboxylic acids is 1. The summed E-state index contributed by atoms with van der Waals surface area (Å²) in [5.74, 6) is -0.0990. The molecule has 2 atom stereocenters. The normalized spacial score (nSPS) is 21.1. The number of rotatable bonds is 4. The maximum atomic E-state index is 13.7. The average Bonchev–Trinajstić information content (AvgIpc) is 3.12. The summed E-state index contributed by atoms with van der Waals surface area (Å²) in [6, 6.07) is 9.07. The van der Waals surface area contributed by atoms with Gasteiger partial charge in [0.2, 0.25) is 0 Å². The zero-order valence-corrected chi connectivity index (χ0v) is 14.8. The lowest BCUT2D eigenvalue weighted by molar-refractivity contribution is -0.910. The van der Waals surface area contributed by atoms with Crippen molar-refractivity contribution < 1.29 is 27.9 Å². The van der Waals surface area contributed by atoms with Crippen molar-refractivity contribution in [3.63, 3.8) is 0 Å². The average molecular weight is 375 g/mol. The number of benzene rings is 2. The first-order valence-electron chi connectivity index (χ1n) is 9.09. The van der Waals surface area contributed by atoms with Gasteiger partial charge in [0.15, 0.2) is 18.0 Å². The molecule has 4 rings (SSSR count). The number of fused-ring (bicyclic) bond motifs is 1. The van der Waals surface area contributed by atoms with E-state index in [4.69, 9.17) is 9.47 Å². The number of anilines is 1. The molecule has 7 heteroatoms. The molecule has 2 N–H and O–H groups in total. The van der Waals surface area contributed by atoms with Gasteiger partial charge in [0, 0.05) is 24.5 Å². The molecular formula is C20H21F2N2O3+. The fraction of sp³-hybridized carbons (Fsp3) is 0.350. The van der Waals surface area contributed by atoms with Crippen molar-refractivity contribution in [1.82, 2.24) is 0 Å². The lowest BCUT2D eigenvalue weighted by Crippen LogP contribution is -3.11. The summed E-state index contributed by atoms with van der Waals surface area (Å²) in [6.45, 7) is 2.11. The molecule has 2 aromatic rings. The van der Waals surface area contributed by atoms with Crippen molar-refractivity contribution in [3.05, 3.63) is 53.6 Å². The molecule has 2 aliphatic heterocycles. The summed E-state index contributed by atoms with van der Waals surface area (Å²) in [5.41, 5.74) is 0.964. The maximum Gasteiger partial charge on any atom is 0.279 e. The Balaban J connectivity index is 1.45. The number of hydrogen-bond acceptors (Lipinski definition) is 3. The summed E-state index contributed by atoms with van der Waals surface area (Å²) in [4.78, 5) is 13.5. The minimum atomic E-state index is -0.649. The van der Waals surface area contributed by atoms with Gasteiger partial charge < -0.3 is 19.7 Å². The van der Waals surface area contributed by atoms with Crippen molar-refractivity contribution >= 4 is 11.6 Å². The van der Waals surface area contributed by atoms with Crippen LogP contribution in [0.1, 0.15) is 24.4 Å². The zero-order valence-electron chi connectivity index (χ0n) is 14.8. The third-order valence-electron chi connectivity index (χ3n) is 5.04. The quantitative estimate of drug-likeness (QED) is 0.861. The minimum absolute atomic E-state index is 0.130. The first kappa shape index (κ1) is 17.7. The predicted octanol–water partition coefficient (Wildman–Crippen LogP) is 2.09. The van der Waals surface area contributed by atoms with Crippen LogP contribution in [0.2, 0.25) is 0 Å². The van der Waals surface area contributed by atoms with E-state index in [1.165, 1.54) is 0 Å². The second kappa shape index (κ2) is 7.52. The van der Waals surface area contributed by atoms with E-state index in [1.54, 1.807) is 0 Å². The minimum Gasteiger partial charge on any atom is -0.486 e. The highest BCUT2D eigenvalue weighted by molar-refractivity contribution is 5.91. The molecule has 0 aliphatic carbocycles. The Morgan fingerprint density at radius 2 is 1.93 bits per heavy atom. The molecule has 1 amide bonds. The number of amides is 1. The van der Waals surface area contributed by atoms with Gasteiger partial charge in [0.05, 0.1) is 12.2 Å². The molecule has 0 aromatic heterocycles. The second-order valence-electron chi connectivity index (χ2n) is 6.86. The molecule has 1 saturated heterocycles. The van der Waals surface area contributed by atoms with Crippen LogP contribution in [0.5, 0.6) is 11.5 Å². The number of quaternary nitrogens is 1. The molecule has 2 aliphatic rings. The molecule has 0 spiro atoms. The third-order valence-corrected chi connectivity index (χ3v) is 5.04. The van der Waals surface area contributed by atoms with Crippen molar-refractivity contribution in [2.75, 3.05) is 31.6 Å².